The molecule has 1 aliphatic carbocycles. The van der Waals surface area contributed by atoms with Crippen molar-refractivity contribution in [2.24, 2.45) is 7.05 Å². The van der Waals surface area contributed by atoms with Crippen LogP contribution in [0, 0.1) is 0 Å². The zero-order chi connectivity index (χ0) is 16.0. The number of rotatable bonds is 2. The van der Waals surface area contributed by atoms with Crippen LogP contribution in [0.2, 0.25) is 0 Å². The molecule has 1 atom stereocenters. The van der Waals surface area contributed by atoms with Gasteiger partial charge in [-0.25, -0.2) is 9.97 Å². The fourth-order valence-electron chi connectivity index (χ4n) is 3.06. The van der Waals surface area contributed by atoms with E-state index in [1.807, 2.05) is 29.8 Å². The number of nitrogen functional groups attached to an aromatic ring is 1. The molecule has 1 amide bonds. The molecule has 0 fully saturated rings. The second kappa shape index (κ2) is 5.34. The number of benzene rings is 1. The van der Waals surface area contributed by atoms with Gasteiger partial charge in [-0.05, 0) is 31.0 Å². The topological polar surface area (TPSA) is 85.8 Å². The minimum Gasteiger partial charge on any atom is -0.375 e. The number of aryl methyl sites for hydroxylation is 2. The first-order valence-electron chi connectivity index (χ1n) is 7.56. The third-order valence-electron chi connectivity index (χ3n) is 4.28. The molecule has 4 rings (SSSR count). The fourth-order valence-corrected chi connectivity index (χ4v) is 4.02. The predicted octanol–water partition coefficient (Wildman–Crippen LogP) is 1.90. The maximum atomic E-state index is 12.5. The summed E-state index contributed by atoms with van der Waals surface area (Å²) >= 11 is 1.52. The van der Waals surface area contributed by atoms with Gasteiger partial charge in [-0.15, -0.1) is 11.3 Å². The molecule has 2 heterocycles. The van der Waals surface area contributed by atoms with Crippen molar-refractivity contribution in [2.75, 3.05) is 5.73 Å². The molecule has 0 unspecified atom stereocenters. The summed E-state index contributed by atoms with van der Waals surface area (Å²) in [6.07, 6.45) is 4.33. The van der Waals surface area contributed by atoms with Crippen LogP contribution in [-0.2, 0) is 19.9 Å². The van der Waals surface area contributed by atoms with Crippen LogP contribution in [0.5, 0.6) is 0 Å². The Morgan fingerprint density at radius 3 is 3.22 bits per heavy atom. The van der Waals surface area contributed by atoms with Gasteiger partial charge < -0.3 is 15.6 Å². The lowest BCUT2D eigenvalue weighted by molar-refractivity contribution is 0.0934. The second-order valence-electron chi connectivity index (χ2n) is 5.89. The molecule has 0 saturated heterocycles. The molecule has 0 saturated carbocycles. The minimum absolute atomic E-state index is 0.0523. The number of aromatic nitrogens is 3. The number of amides is 1. The normalized spacial score (nSPS) is 17.2. The van der Waals surface area contributed by atoms with E-state index in [2.05, 4.69) is 15.3 Å². The van der Waals surface area contributed by atoms with E-state index in [0.29, 0.717) is 10.7 Å². The van der Waals surface area contributed by atoms with E-state index < -0.39 is 0 Å². The summed E-state index contributed by atoms with van der Waals surface area (Å²) in [6.45, 7) is 0. The smallest absolute Gasteiger partial charge is 0.251 e. The number of anilines is 1. The number of carbonyl (C=O) groups excluding carboxylic acids is 1. The molecule has 7 heteroatoms. The van der Waals surface area contributed by atoms with Crippen LogP contribution < -0.4 is 11.1 Å². The first kappa shape index (κ1) is 14.2. The van der Waals surface area contributed by atoms with Gasteiger partial charge in [0.05, 0.1) is 23.1 Å². The fraction of sp³-hybridized carbons (Fsp3) is 0.312. The molecule has 2 aromatic heterocycles. The van der Waals surface area contributed by atoms with Gasteiger partial charge in [0, 0.05) is 30.0 Å². The second-order valence-corrected chi connectivity index (χ2v) is 7.01. The van der Waals surface area contributed by atoms with Gasteiger partial charge in [0.25, 0.3) is 5.91 Å². The van der Waals surface area contributed by atoms with Gasteiger partial charge in [-0.1, -0.05) is 0 Å². The van der Waals surface area contributed by atoms with Crippen molar-refractivity contribution in [1.82, 2.24) is 19.9 Å². The summed E-state index contributed by atoms with van der Waals surface area (Å²) in [4.78, 5) is 22.3. The SMILES string of the molecule is Cn1cnc2cc(C(=O)N[C@H]3CCc4nc(N)sc4C3)ccc21. The Morgan fingerprint density at radius 2 is 2.35 bits per heavy atom. The number of nitrogens with one attached hydrogen (secondary N) is 1. The largest absolute Gasteiger partial charge is 0.375 e. The molecule has 0 spiro atoms. The van der Waals surface area contributed by atoms with E-state index in [-0.39, 0.29) is 11.9 Å². The summed E-state index contributed by atoms with van der Waals surface area (Å²) in [6, 6.07) is 5.75. The quantitative estimate of drug-likeness (QED) is 0.753. The summed E-state index contributed by atoms with van der Waals surface area (Å²) in [7, 11) is 1.94. The first-order chi connectivity index (χ1) is 11.1. The summed E-state index contributed by atoms with van der Waals surface area (Å²) in [5.74, 6) is -0.0523. The zero-order valence-electron chi connectivity index (χ0n) is 12.7. The van der Waals surface area contributed by atoms with E-state index in [1.54, 1.807) is 6.33 Å². The Balaban J connectivity index is 1.51. The summed E-state index contributed by atoms with van der Waals surface area (Å²) in [5.41, 5.74) is 9.35. The number of carbonyl (C=O) groups is 1. The number of imidazole rings is 1. The molecule has 1 aliphatic rings. The zero-order valence-corrected chi connectivity index (χ0v) is 13.6. The van der Waals surface area contributed by atoms with Crippen molar-refractivity contribution in [3.8, 4) is 0 Å². The van der Waals surface area contributed by atoms with Gasteiger partial charge in [0.15, 0.2) is 5.13 Å². The molecule has 6 nitrogen and oxygen atoms in total. The Bertz CT molecular complexity index is 897. The van der Waals surface area contributed by atoms with E-state index in [9.17, 15) is 4.79 Å². The number of hydrogen-bond acceptors (Lipinski definition) is 5. The van der Waals surface area contributed by atoms with E-state index >= 15 is 0 Å². The highest BCUT2D eigenvalue weighted by Crippen LogP contribution is 2.28. The van der Waals surface area contributed by atoms with E-state index in [0.717, 1.165) is 36.0 Å². The lowest BCUT2D eigenvalue weighted by atomic mass is 9.97. The highest BCUT2D eigenvalue weighted by molar-refractivity contribution is 7.15. The van der Waals surface area contributed by atoms with Crippen LogP contribution in [0.1, 0.15) is 27.3 Å². The molecule has 0 radical (unpaired) electrons. The standard InChI is InChI=1S/C16H17N5OS/c1-21-8-18-12-6-9(2-5-13(12)21)15(22)19-10-3-4-11-14(7-10)23-16(17)20-11/h2,5-6,8,10H,3-4,7H2,1H3,(H2,17,20)(H,19,22)/t10-/m0/s1. The average molecular weight is 327 g/mol. The number of hydrogen-bond donors (Lipinski definition) is 2. The molecule has 3 aromatic rings. The molecule has 1 aromatic carbocycles. The highest BCUT2D eigenvalue weighted by Gasteiger charge is 2.23. The minimum atomic E-state index is -0.0523. The van der Waals surface area contributed by atoms with Gasteiger partial charge in [-0.2, -0.15) is 0 Å². The number of thiazole rings is 1. The molecule has 0 aliphatic heterocycles. The van der Waals surface area contributed by atoms with Crippen LogP contribution >= 0.6 is 11.3 Å². The third-order valence-corrected chi connectivity index (χ3v) is 5.23. The highest BCUT2D eigenvalue weighted by atomic mass is 32.1. The monoisotopic (exact) mass is 327 g/mol. The lowest BCUT2D eigenvalue weighted by Gasteiger charge is -2.22. The van der Waals surface area contributed by atoms with Crippen molar-refractivity contribution in [3.05, 3.63) is 40.7 Å². The van der Waals surface area contributed by atoms with Crippen LogP contribution in [0.4, 0.5) is 5.13 Å². The van der Waals surface area contributed by atoms with Crippen molar-refractivity contribution in [3.63, 3.8) is 0 Å². The molecule has 0 bridgehead atoms. The molecule has 3 N–H and O–H groups in total. The molecule has 23 heavy (non-hydrogen) atoms. The Morgan fingerprint density at radius 1 is 1.48 bits per heavy atom. The van der Waals surface area contributed by atoms with Crippen molar-refractivity contribution in [2.45, 2.75) is 25.3 Å². The van der Waals surface area contributed by atoms with Crippen LogP contribution in [-0.4, -0.2) is 26.5 Å². The van der Waals surface area contributed by atoms with Crippen molar-refractivity contribution in [1.29, 1.82) is 0 Å². The number of fused-ring (bicyclic) bond motifs is 2. The Labute approximate surface area is 137 Å². The van der Waals surface area contributed by atoms with Crippen LogP contribution in [0.15, 0.2) is 24.5 Å². The summed E-state index contributed by atoms with van der Waals surface area (Å²) in [5, 5.41) is 3.73. The maximum absolute atomic E-state index is 12.5. The van der Waals surface area contributed by atoms with Gasteiger partial charge in [0.2, 0.25) is 0 Å². The predicted molar refractivity (Wildman–Crippen MR) is 90.5 cm³/mol. The Hall–Kier alpha value is -2.41. The molecule has 118 valence electrons. The Kier molecular flexibility index (Phi) is 3.30. The molecular formula is C16H17N5OS. The van der Waals surface area contributed by atoms with Crippen LogP contribution in [0.25, 0.3) is 11.0 Å². The third kappa shape index (κ3) is 2.57. The van der Waals surface area contributed by atoms with Gasteiger partial charge in [0.1, 0.15) is 0 Å². The van der Waals surface area contributed by atoms with Crippen LogP contribution in [0.3, 0.4) is 0 Å². The average Bonchev–Trinajstić information content (AvgIpc) is 3.08. The molecular weight excluding hydrogens is 310 g/mol. The number of nitrogens with zero attached hydrogens (tertiary/aromatic N) is 3. The number of nitrogens with two attached hydrogens (primary N) is 1. The van der Waals surface area contributed by atoms with E-state index in [1.165, 1.54) is 16.2 Å². The summed E-state index contributed by atoms with van der Waals surface area (Å²) < 4.78 is 1.94. The van der Waals surface area contributed by atoms with E-state index in [4.69, 9.17) is 5.73 Å². The first-order valence-corrected chi connectivity index (χ1v) is 8.38. The lowest BCUT2D eigenvalue weighted by Crippen LogP contribution is -2.38. The van der Waals surface area contributed by atoms with Crippen molar-refractivity contribution >= 4 is 33.4 Å². The van der Waals surface area contributed by atoms with Gasteiger partial charge >= 0.3 is 0 Å². The van der Waals surface area contributed by atoms with Gasteiger partial charge in [-0.3, -0.25) is 4.79 Å². The van der Waals surface area contributed by atoms with Crippen molar-refractivity contribution < 1.29 is 4.79 Å². The maximum Gasteiger partial charge on any atom is 0.251 e.